The molecule has 0 heterocycles. The van der Waals surface area contributed by atoms with E-state index in [4.69, 9.17) is 19.3 Å². The Kier molecular flexibility index (Phi) is 10.9. The molecule has 0 saturated carbocycles. The van der Waals surface area contributed by atoms with Crippen molar-refractivity contribution in [3.8, 4) is 22.6 Å². The van der Waals surface area contributed by atoms with Crippen LogP contribution in [-0.4, -0.2) is 37.9 Å². The fourth-order valence-electron chi connectivity index (χ4n) is 3.55. The van der Waals surface area contributed by atoms with Gasteiger partial charge < -0.3 is 19.3 Å². The van der Waals surface area contributed by atoms with E-state index in [-0.39, 0.29) is 0 Å². The molecule has 2 aromatic carbocycles. The van der Waals surface area contributed by atoms with Gasteiger partial charge in [0, 0.05) is 12.2 Å². The number of carboxylic acids is 1. The average molecular weight is 467 g/mol. The van der Waals surface area contributed by atoms with Crippen LogP contribution in [0.5, 0.6) is 11.5 Å². The second-order valence-electron chi connectivity index (χ2n) is 7.96. The highest BCUT2D eigenvalue weighted by molar-refractivity contribution is 5.92. The lowest BCUT2D eigenvalue weighted by atomic mass is 9.94. The quantitative estimate of drug-likeness (QED) is 0.278. The van der Waals surface area contributed by atoms with Crippen LogP contribution in [-0.2, 0) is 14.3 Å². The Morgan fingerprint density at radius 1 is 0.912 bits per heavy atom. The van der Waals surface area contributed by atoms with Crippen molar-refractivity contribution in [3.05, 3.63) is 59.7 Å². The molecule has 6 heteroatoms. The molecule has 0 aliphatic carbocycles. The zero-order valence-corrected chi connectivity index (χ0v) is 20.4. The number of carbonyl (C=O) groups excluding carboxylic acids is 1. The SMILES string of the molecule is CCCCC(CC)COC(=O)/C=C/c1ccc(OC)cc1-c1cc(OC)ccc1/C=C/C(=O)O. The molecule has 2 rings (SSSR count). The monoisotopic (exact) mass is 466 g/mol. The maximum atomic E-state index is 12.4. The van der Waals surface area contributed by atoms with Gasteiger partial charge in [-0.15, -0.1) is 0 Å². The molecule has 0 amide bonds. The molecule has 0 spiro atoms. The summed E-state index contributed by atoms with van der Waals surface area (Å²) < 4.78 is 16.3. The van der Waals surface area contributed by atoms with Crippen molar-refractivity contribution in [2.75, 3.05) is 20.8 Å². The molecule has 0 aliphatic rings. The summed E-state index contributed by atoms with van der Waals surface area (Å²) in [6, 6.07) is 10.9. The van der Waals surface area contributed by atoms with Crippen molar-refractivity contribution in [2.45, 2.75) is 39.5 Å². The number of aliphatic carboxylic acids is 1. The number of ether oxygens (including phenoxy) is 3. The van der Waals surface area contributed by atoms with Gasteiger partial charge >= 0.3 is 11.9 Å². The Morgan fingerprint density at radius 3 is 1.94 bits per heavy atom. The molecule has 0 fully saturated rings. The number of benzene rings is 2. The first-order valence-corrected chi connectivity index (χ1v) is 11.5. The number of rotatable bonds is 13. The number of hydrogen-bond donors (Lipinski definition) is 1. The van der Waals surface area contributed by atoms with Gasteiger partial charge in [-0.05, 0) is 71.0 Å². The Labute approximate surface area is 201 Å². The number of carboxylic acid groups (broad SMARTS) is 1. The van der Waals surface area contributed by atoms with Crippen LogP contribution in [0.15, 0.2) is 48.6 Å². The molecule has 0 bridgehead atoms. The Morgan fingerprint density at radius 2 is 1.47 bits per heavy atom. The third-order valence-electron chi connectivity index (χ3n) is 5.62. The third kappa shape index (κ3) is 8.10. The lowest BCUT2D eigenvalue weighted by Gasteiger charge is -2.14. The number of hydrogen-bond acceptors (Lipinski definition) is 5. The van der Waals surface area contributed by atoms with Crippen molar-refractivity contribution < 1.29 is 28.9 Å². The molecule has 1 unspecified atom stereocenters. The zero-order chi connectivity index (χ0) is 24.9. The summed E-state index contributed by atoms with van der Waals surface area (Å²) in [5.41, 5.74) is 2.96. The molecule has 6 nitrogen and oxygen atoms in total. The Balaban J connectivity index is 2.37. The minimum Gasteiger partial charge on any atom is -0.497 e. The largest absolute Gasteiger partial charge is 0.497 e. The smallest absolute Gasteiger partial charge is 0.330 e. The predicted octanol–water partition coefficient (Wildman–Crippen LogP) is 6.24. The van der Waals surface area contributed by atoms with Crippen LogP contribution >= 0.6 is 0 Å². The first-order chi connectivity index (χ1) is 16.4. The van der Waals surface area contributed by atoms with Crippen molar-refractivity contribution >= 4 is 24.1 Å². The summed E-state index contributed by atoms with van der Waals surface area (Å²) in [6.45, 7) is 4.67. The lowest BCUT2D eigenvalue weighted by Crippen LogP contribution is -2.12. The highest BCUT2D eigenvalue weighted by Crippen LogP contribution is 2.34. The first-order valence-electron chi connectivity index (χ1n) is 11.5. The number of unbranched alkanes of at least 4 members (excludes halogenated alkanes) is 1. The second kappa shape index (κ2) is 13.9. The summed E-state index contributed by atoms with van der Waals surface area (Å²) in [6.07, 6.45) is 10.0. The second-order valence-corrected chi connectivity index (χ2v) is 7.96. The molecule has 2 aromatic rings. The van der Waals surface area contributed by atoms with E-state index in [1.54, 1.807) is 38.5 Å². The van der Waals surface area contributed by atoms with E-state index in [1.807, 2.05) is 18.2 Å². The normalized spacial score (nSPS) is 12.1. The van der Waals surface area contributed by atoms with Gasteiger partial charge in [0.2, 0.25) is 0 Å². The van der Waals surface area contributed by atoms with Crippen molar-refractivity contribution in [2.24, 2.45) is 5.92 Å². The summed E-state index contributed by atoms with van der Waals surface area (Å²) in [5.74, 6) is 0.187. The molecule has 34 heavy (non-hydrogen) atoms. The number of esters is 1. The molecule has 1 atom stereocenters. The Bertz CT molecular complexity index is 1020. The minimum atomic E-state index is -1.04. The van der Waals surface area contributed by atoms with Crippen LogP contribution < -0.4 is 9.47 Å². The van der Waals surface area contributed by atoms with Gasteiger partial charge in [0.25, 0.3) is 0 Å². The molecule has 0 aromatic heterocycles. The van der Waals surface area contributed by atoms with Crippen molar-refractivity contribution in [1.82, 2.24) is 0 Å². The summed E-state index contributed by atoms with van der Waals surface area (Å²) in [7, 11) is 3.14. The maximum absolute atomic E-state index is 12.4. The molecular weight excluding hydrogens is 432 g/mol. The average Bonchev–Trinajstić information content (AvgIpc) is 2.86. The number of carbonyl (C=O) groups is 2. The fraction of sp³-hybridized carbons (Fsp3) is 0.357. The Hall–Kier alpha value is -3.54. The van der Waals surface area contributed by atoms with E-state index >= 15 is 0 Å². The maximum Gasteiger partial charge on any atom is 0.330 e. The van der Waals surface area contributed by atoms with E-state index in [1.165, 1.54) is 12.2 Å². The molecule has 1 N–H and O–H groups in total. The molecule has 0 radical (unpaired) electrons. The van der Waals surface area contributed by atoms with Gasteiger partial charge in [-0.3, -0.25) is 0 Å². The van der Waals surface area contributed by atoms with Crippen molar-refractivity contribution in [1.29, 1.82) is 0 Å². The summed E-state index contributed by atoms with van der Waals surface area (Å²) >= 11 is 0. The highest BCUT2D eigenvalue weighted by atomic mass is 16.5. The topological polar surface area (TPSA) is 82.1 Å². The van der Waals surface area contributed by atoms with Crippen LogP contribution in [0.3, 0.4) is 0 Å². The standard InChI is InChI=1S/C28H34O6/c1-5-7-8-20(6-2)19-34-28(31)16-12-22-10-14-24(33-4)18-26(22)25-17-23(32-3)13-9-21(25)11-15-27(29)30/h9-18,20H,5-8,19H2,1-4H3,(H,29,30)/b15-11+,16-12+. The zero-order valence-electron chi connectivity index (χ0n) is 20.4. The third-order valence-corrected chi connectivity index (χ3v) is 5.62. The molecule has 0 saturated heterocycles. The highest BCUT2D eigenvalue weighted by Gasteiger charge is 2.12. The van der Waals surface area contributed by atoms with E-state index in [0.29, 0.717) is 29.6 Å². The van der Waals surface area contributed by atoms with Crippen LogP contribution in [0.25, 0.3) is 23.3 Å². The molecule has 182 valence electrons. The van der Waals surface area contributed by atoms with Crippen LogP contribution in [0, 0.1) is 5.92 Å². The van der Waals surface area contributed by atoms with Crippen molar-refractivity contribution in [3.63, 3.8) is 0 Å². The van der Waals surface area contributed by atoms with Gasteiger partial charge in [0.1, 0.15) is 11.5 Å². The minimum absolute atomic E-state index is 0.370. The summed E-state index contributed by atoms with van der Waals surface area (Å²) in [4.78, 5) is 23.5. The van der Waals surface area contributed by atoms with E-state index < -0.39 is 11.9 Å². The first kappa shape index (κ1) is 26.7. The van der Waals surface area contributed by atoms with Gasteiger partial charge in [-0.25, -0.2) is 9.59 Å². The predicted molar refractivity (Wildman–Crippen MR) is 135 cm³/mol. The van der Waals surface area contributed by atoms with Gasteiger partial charge in [-0.1, -0.05) is 45.2 Å². The van der Waals surface area contributed by atoms with E-state index in [2.05, 4.69) is 13.8 Å². The molecule has 0 aliphatic heterocycles. The van der Waals surface area contributed by atoms with Crippen LogP contribution in [0.1, 0.15) is 50.7 Å². The van der Waals surface area contributed by atoms with Crippen LogP contribution in [0.2, 0.25) is 0 Å². The van der Waals surface area contributed by atoms with Gasteiger partial charge in [-0.2, -0.15) is 0 Å². The van der Waals surface area contributed by atoms with Gasteiger partial charge in [0.15, 0.2) is 0 Å². The number of methoxy groups -OCH3 is 2. The van der Waals surface area contributed by atoms with Gasteiger partial charge in [0.05, 0.1) is 20.8 Å². The van der Waals surface area contributed by atoms with E-state index in [9.17, 15) is 9.59 Å². The van der Waals surface area contributed by atoms with E-state index in [0.717, 1.165) is 48.4 Å². The molecular formula is C28H34O6. The fourth-order valence-corrected chi connectivity index (χ4v) is 3.55. The lowest BCUT2D eigenvalue weighted by molar-refractivity contribution is -0.139. The van der Waals surface area contributed by atoms with Crippen LogP contribution in [0.4, 0.5) is 0 Å². The summed E-state index contributed by atoms with van der Waals surface area (Å²) in [5, 5.41) is 9.08.